The van der Waals surface area contributed by atoms with Crippen LogP contribution in [0.15, 0.2) is 55.4 Å². The Hall–Kier alpha value is -1.71. The molecule has 0 aliphatic heterocycles. The van der Waals surface area contributed by atoms with Crippen LogP contribution in [0.2, 0.25) is 0 Å². The molecule has 0 saturated carbocycles. The Balaban J connectivity index is 0.000000810. The second kappa shape index (κ2) is 5.08. The van der Waals surface area contributed by atoms with Gasteiger partial charge in [-0.25, -0.2) is 0 Å². The first-order chi connectivity index (χ1) is 7.95. The van der Waals surface area contributed by atoms with Crippen molar-refractivity contribution in [3.05, 3.63) is 55.4 Å². The van der Waals surface area contributed by atoms with Crippen molar-refractivity contribution in [3.63, 3.8) is 0 Å². The van der Waals surface area contributed by atoms with Crippen LogP contribution in [0.1, 0.15) is 1.43 Å². The quantitative estimate of drug-likeness (QED) is 0.452. The molecule has 0 amide bonds. The van der Waals surface area contributed by atoms with Gasteiger partial charge in [0.1, 0.15) is 0 Å². The molecule has 3 heterocycles. The van der Waals surface area contributed by atoms with Gasteiger partial charge in [-0.2, -0.15) is 15.3 Å². The molecule has 0 fully saturated rings. The van der Waals surface area contributed by atoms with E-state index < -0.39 is 0 Å². The summed E-state index contributed by atoms with van der Waals surface area (Å²) in [5, 5.41) is 12.7. The molecular formula is C9H10BLiN6. The number of hydrogen-bond acceptors (Lipinski definition) is 3. The first kappa shape index (κ1) is 11.8. The van der Waals surface area contributed by atoms with Gasteiger partial charge in [0.05, 0.1) is 0 Å². The van der Waals surface area contributed by atoms with E-state index >= 15 is 0 Å². The van der Waals surface area contributed by atoms with Crippen molar-refractivity contribution in [2.24, 2.45) is 0 Å². The summed E-state index contributed by atoms with van der Waals surface area (Å²) in [6.45, 7) is 0. The van der Waals surface area contributed by atoms with Gasteiger partial charge < -0.3 is 1.43 Å². The van der Waals surface area contributed by atoms with Crippen LogP contribution in [0.4, 0.5) is 0 Å². The van der Waals surface area contributed by atoms with E-state index in [2.05, 4.69) is 15.3 Å². The first-order valence-electron chi connectivity index (χ1n) is 4.92. The average Bonchev–Trinajstić information content (AvgIpc) is 3.02. The van der Waals surface area contributed by atoms with E-state index in [1.54, 1.807) is 32.4 Å². The molecule has 0 aliphatic carbocycles. The molecule has 80 valence electrons. The number of hydrogen-bond donors (Lipinski definition) is 0. The summed E-state index contributed by atoms with van der Waals surface area (Å²) < 4.78 is 5.38. The Morgan fingerprint density at radius 3 is 1.29 bits per heavy atom. The van der Waals surface area contributed by atoms with Gasteiger partial charge in [0.2, 0.25) is 0 Å². The molecule has 0 radical (unpaired) electrons. The second-order valence-corrected chi connectivity index (χ2v) is 3.30. The molecule has 0 spiro atoms. The maximum Gasteiger partial charge on any atom is 1.00 e. The molecule has 6 nitrogen and oxygen atoms in total. The van der Waals surface area contributed by atoms with Crippen molar-refractivity contribution in [3.8, 4) is 0 Å². The van der Waals surface area contributed by atoms with Crippen LogP contribution in [0.3, 0.4) is 0 Å². The van der Waals surface area contributed by atoms with Crippen molar-refractivity contribution < 1.29 is 20.3 Å². The normalized spacial score (nSPS) is 9.88. The summed E-state index contributed by atoms with van der Waals surface area (Å²) in [6.07, 6.45) is 10.9. The van der Waals surface area contributed by atoms with Crippen LogP contribution in [-0.4, -0.2) is 36.2 Å². The van der Waals surface area contributed by atoms with Gasteiger partial charge in [0, 0.05) is 37.2 Å². The Morgan fingerprint density at radius 1 is 0.706 bits per heavy atom. The van der Waals surface area contributed by atoms with Gasteiger partial charge in [-0.15, -0.1) is 0 Å². The van der Waals surface area contributed by atoms with E-state index in [0.29, 0.717) is 0 Å². The maximum atomic E-state index is 4.22. The minimum atomic E-state index is -0.194. The predicted molar refractivity (Wildman–Crippen MR) is 59.7 cm³/mol. The largest absolute Gasteiger partial charge is 1.00 e. The van der Waals surface area contributed by atoms with Gasteiger partial charge in [0.15, 0.2) is 0 Å². The molecule has 8 heteroatoms. The Kier molecular flexibility index (Phi) is 3.52. The molecule has 3 aromatic rings. The third kappa shape index (κ3) is 2.21. The molecule has 3 aromatic heterocycles. The molecule has 17 heavy (non-hydrogen) atoms. The van der Waals surface area contributed by atoms with Gasteiger partial charge in [0.25, 0.3) is 0 Å². The molecule has 0 atom stereocenters. The van der Waals surface area contributed by atoms with E-state index in [-0.39, 0.29) is 27.4 Å². The Morgan fingerprint density at radius 2 is 1.06 bits per heavy atom. The number of aromatic nitrogens is 6. The summed E-state index contributed by atoms with van der Waals surface area (Å²) in [5.74, 6) is 0. The fourth-order valence-corrected chi connectivity index (χ4v) is 1.62. The predicted octanol–water partition coefficient (Wildman–Crippen LogP) is -2.68. The summed E-state index contributed by atoms with van der Waals surface area (Å²) in [5.41, 5.74) is 0. The number of rotatable bonds is 3. The van der Waals surface area contributed by atoms with E-state index in [1.165, 1.54) is 0 Å². The van der Waals surface area contributed by atoms with Gasteiger partial charge in [-0.05, 0) is 18.2 Å². The first-order valence-corrected chi connectivity index (χ1v) is 4.92. The SMILES string of the molecule is [H-].[Li+].c1cnn(B(n2cccn2)n2cccn2)c1. The summed E-state index contributed by atoms with van der Waals surface area (Å²) in [4.78, 5) is 0. The summed E-state index contributed by atoms with van der Waals surface area (Å²) >= 11 is 0. The van der Waals surface area contributed by atoms with Crippen molar-refractivity contribution in [2.45, 2.75) is 0 Å². The molecule has 0 aromatic carbocycles. The maximum absolute atomic E-state index is 4.22. The molecule has 0 aliphatic rings. The van der Waals surface area contributed by atoms with Crippen LogP contribution in [0.5, 0.6) is 0 Å². The third-order valence-electron chi connectivity index (χ3n) is 2.28. The molecule has 3 rings (SSSR count). The van der Waals surface area contributed by atoms with E-state index in [4.69, 9.17) is 0 Å². The molecule has 0 saturated heterocycles. The number of nitrogens with zero attached hydrogens (tertiary/aromatic N) is 6. The summed E-state index contributed by atoms with van der Waals surface area (Å²) in [7, 11) is -0.194. The van der Waals surface area contributed by atoms with Gasteiger partial charge in [-0.3, -0.25) is 13.8 Å². The zero-order valence-corrected chi connectivity index (χ0v) is 9.46. The second-order valence-electron chi connectivity index (χ2n) is 3.30. The Bertz CT molecular complexity index is 456. The van der Waals surface area contributed by atoms with Crippen molar-refractivity contribution in [1.29, 1.82) is 0 Å². The van der Waals surface area contributed by atoms with Crippen molar-refractivity contribution >= 4 is 7.12 Å². The van der Waals surface area contributed by atoms with Gasteiger partial charge >= 0.3 is 26.0 Å². The monoisotopic (exact) mass is 220 g/mol. The average molecular weight is 220 g/mol. The van der Waals surface area contributed by atoms with Crippen molar-refractivity contribution in [2.75, 3.05) is 0 Å². The molecule has 0 bridgehead atoms. The fraction of sp³-hybridized carbons (Fsp3) is 0. The van der Waals surface area contributed by atoms with E-state index in [1.807, 2.05) is 36.8 Å². The minimum absolute atomic E-state index is 0. The van der Waals surface area contributed by atoms with E-state index in [9.17, 15) is 0 Å². The van der Waals surface area contributed by atoms with Crippen molar-refractivity contribution in [1.82, 2.24) is 29.1 Å². The zero-order chi connectivity index (χ0) is 10.8. The van der Waals surface area contributed by atoms with Crippen LogP contribution >= 0.6 is 0 Å². The molecule has 0 unspecified atom stereocenters. The minimum Gasteiger partial charge on any atom is -1.00 e. The fourth-order valence-electron chi connectivity index (χ4n) is 1.62. The van der Waals surface area contributed by atoms with Crippen LogP contribution < -0.4 is 18.9 Å². The van der Waals surface area contributed by atoms with Gasteiger partial charge in [-0.1, -0.05) is 0 Å². The standard InChI is InChI=1S/C9H9BN6.Li.H/c1-4-11-14(7-1)10(15-8-2-5-12-15)16-9-3-6-13-16;;/h1-9H;;/q;+1;-1. The topological polar surface area (TPSA) is 53.5 Å². The molecular weight excluding hydrogens is 210 g/mol. The van der Waals surface area contributed by atoms with E-state index in [0.717, 1.165) is 0 Å². The zero-order valence-electron chi connectivity index (χ0n) is 10.5. The third-order valence-corrected chi connectivity index (χ3v) is 2.28. The van der Waals surface area contributed by atoms with Crippen LogP contribution in [-0.2, 0) is 0 Å². The van der Waals surface area contributed by atoms with Crippen LogP contribution in [0.25, 0.3) is 0 Å². The van der Waals surface area contributed by atoms with Crippen LogP contribution in [0, 0.1) is 0 Å². The molecule has 0 N–H and O–H groups in total. The smallest absolute Gasteiger partial charge is 1.00 e. The summed E-state index contributed by atoms with van der Waals surface area (Å²) in [6, 6.07) is 5.62. The Labute approximate surface area is 112 Å².